The van der Waals surface area contributed by atoms with E-state index < -0.39 is 11.6 Å². The second-order valence-corrected chi connectivity index (χ2v) is 14.1. The van der Waals surface area contributed by atoms with Crippen LogP contribution in [0, 0.1) is 17.3 Å². The maximum atomic E-state index is 13.2. The van der Waals surface area contributed by atoms with Crippen molar-refractivity contribution in [3.8, 4) is 5.88 Å². The number of hydrazine groups is 1. The fourth-order valence-electron chi connectivity index (χ4n) is 7.26. The van der Waals surface area contributed by atoms with E-state index in [-0.39, 0.29) is 43.7 Å². The van der Waals surface area contributed by atoms with Gasteiger partial charge in [0.15, 0.2) is 0 Å². The summed E-state index contributed by atoms with van der Waals surface area (Å²) in [5, 5.41) is 11.5. The molecule has 1 aromatic rings. The Morgan fingerprint density at radius 3 is 2.77 bits per heavy atom. The Labute approximate surface area is 234 Å². The average molecular weight is 572 g/mol. The van der Waals surface area contributed by atoms with Crippen molar-refractivity contribution in [3.05, 3.63) is 12.3 Å². The van der Waals surface area contributed by atoms with Crippen LogP contribution < -0.4 is 20.2 Å². The number of alkyl halides is 3. The number of hydrogen-bond acceptors (Lipinski definition) is 8. The van der Waals surface area contributed by atoms with Crippen LogP contribution in [0.4, 0.5) is 13.2 Å². The first-order valence-corrected chi connectivity index (χ1v) is 15.7. The Hall–Kier alpha value is -1.05. The minimum Gasteiger partial charge on any atom is -0.477 e. The molecule has 5 heterocycles. The molecule has 0 spiro atoms. The largest absolute Gasteiger partial charge is 0.477 e. The Morgan fingerprint density at radius 1 is 1.15 bits per heavy atom. The van der Waals surface area contributed by atoms with E-state index in [1.165, 1.54) is 19.3 Å². The highest BCUT2D eigenvalue weighted by Gasteiger charge is 2.62. The van der Waals surface area contributed by atoms with Gasteiger partial charge in [-0.05, 0) is 77.6 Å². The molecular formula is C27H44F3N7OS. The third-order valence-corrected chi connectivity index (χ3v) is 10.7. The lowest BCUT2D eigenvalue weighted by atomic mass is 9.90. The van der Waals surface area contributed by atoms with Crippen LogP contribution in [0.3, 0.4) is 0 Å². The molecule has 4 bridgehead atoms. The summed E-state index contributed by atoms with van der Waals surface area (Å²) in [4.78, 5) is 2.70. The molecule has 0 amide bonds. The zero-order chi connectivity index (χ0) is 27.3. The summed E-state index contributed by atoms with van der Waals surface area (Å²) in [5.74, 6) is 1.66. The van der Waals surface area contributed by atoms with Crippen molar-refractivity contribution in [2.24, 2.45) is 17.3 Å². The van der Waals surface area contributed by atoms with E-state index in [0.29, 0.717) is 29.5 Å². The van der Waals surface area contributed by atoms with Crippen molar-refractivity contribution in [3.63, 3.8) is 0 Å². The smallest absolute Gasteiger partial charge is 0.394 e. The third-order valence-electron chi connectivity index (χ3n) is 9.75. The molecule has 4 saturated heterocycles. The minimum absolute atomic E-state index is 0.0607. The maximum Gasteiger partial charge on any atom is 0.394 e. The Morgan fingerprint density at radius 2 is 1.97 bits per heavy atom. The summed E-state index contributed by atoms with van der Waals surface area (Å²) in [5.41, 5.74) is 2.33. The van der Waals surface area contributed by atoms with E-state index in [1.54, 1.807) is 0 Å². The molecule has 0 aromatic carbocycles. The topological polar surface area (TPSA) is 69.6 Å². The molecule has 6 rings (SSSR count). The van der Waals surface area contributed by atoms with Gasteiger partial charge in [-0.1, -0.05) is 11.9 Å². The lowest BCUT2D eigenvalue weighted by Gasteiger charge is -2.47. The van der Waals surface area contributed by atoms with Crippen molar-refractivity contribution in [1.82, 2.24) is 35.2 Å². The van der Waals surface area contributed by atoms with Gasteiger partial charge in [-0.3, -0.25) is 19.6 Å². The van der Waals surface area contributed by atoms with Crippen LogP contribution in [0.25, 0.3) is 0 Å². The zero-order valence-corrected chi connectivity index (χ0v) is 24.0. The fourth-order valence-corrected chi connectivity index (χ4v) is 8.19. The van der Waals surface area contributed by atoms with Crippen LogP contribution in [0.15, 0.2) is 12.3 Å². The molecule has 1 aromatic heterocycles. The summed E-state index contributed by atoms with van der Waals surface area (Å²) >= 11 is 1.83. The molecule has 5 fully saturated rings. The molecule has 8 nitrogen and oxygen atoms in total. The monoisotopic (exact) mass is 571 g/mol. The molecule has 220 valence electrons. The van der Waals surface area contributed by atoms with E-state index in [4.69, 9.17) is 4.74 Å². The minimum atomic E-state index is -4.10. The number of ether oxygens (including phenoxy) is 1. The van der Waals surface area contributed by atoms with E-state index in [2.05, 4.69) is 44.3 Å². The maximum absolute atomic E-state index is 13.2. The Bertz CT molecular complexity index is 987. The summed E-state index contributed by atoms with van der Waals surface area (Å²) in [6.45, 7) is 9.32. The van der Waals surface area contributed by atoms with Gasteiger partial charge in [0.05, 0.1) is 23.6 Å². The van der Waals surface area contributed by atoms with Crippen LogP contribution in [0.2, 0.25) is 0 Å². The van der Waals surface area contributed by atoms with Crippen molar-refractivity contribution >= 4 is 11.9 Å². The van der Waals surface area contributed by atoms with E-state index in [0.717, 1.165) is 39.0 Å². The molecule has 39 heavy (non-hydrogen) atoms. The average Bonchev–Trinajstić information content (AvgIpc) is 3.20. The van der Waals surface area contributed by atoms with Crippen molar-refractivity contribution in [2.45, 2.75) is 101 Å². The molecule has 7 atom stereocenters. The van der Waals surface area contributed by atoms with Gasteiger partial charge in [0.1, 0.15) is 6.17 Å². The zero-order valence-electron chi connectivity index (χ0n) is 23.2. The standard InChI is InChI=1S/C27H44F3N7OS/c1-25(2)16-19-6-12-35-13-8-23(34-35)39-31-17-20-4-5-21(32-24(20)36(25)18-19)37-14-7-22(33-37)38-15-3-9-26(10-11-26)27(28,29)30/h7,14,19-21,23-24,31-32,34H,3-6,8-13,15-18H2,1-2H3. The van der Waals surface area contributed by atoms with Gasteiger partial charge in [-0.25, -0.2) is 10.4 Å². The Balaban J connectivity index is 1.08. The SMILES string of the molecule is CC1(C)CC2CCN3CCC(N3)SNCC3CCC(n4ccc(OCCCC5(C(F)(F)F)CC5)n4)NC3N1C2. The van der Waals surface area contributed by atoms with Crippen molar-refractivity contribution in [1.29, 1.82) is 0 Å². The van der Waals surface area contributed by atoms with Crippen LogP contribution in [-0.4, -0.2) is 75.7 Å². The molecule has 1 saturated carbocycles. The van der Waals surface area contributed by atoms with Gasteiger partial charge in [0, 0.05) is 49.9 Å². The number of nitrogens with one attached hydrogen (secondary N) is 3. The second kappa shape index (κ2) is 11.0. The number of piperidine rings is 1. The van der Waals surface area contributed by atoms with Gasteiger partial charge in [0.2, 0.25) is 5.88 Å². The second-order valence-electron chi connectivity index (χ2n) is 13.0. The molecule has 12 heteroatoms. The molecule has 4 aliphatic heterocycles. The molecule has 7 unspecified atom stereocenters. The Kier molecular flexibility index (Phi) is 7.91. The number of halogens is 3. The highest BCUT2D eigenvalue weighted by Crippen LogP contribution is 2.60. The first-order valence-electron chi connectivity index (χ1n) is 14.8. The van der Waals surface area contributed by atoms with Crippen LogP contribution in [0.5, 0.6) is 5.88 Å². The van der Waals surface area contributed by atoms with Crippen molar-refractivity contribution in [2.75, 3.05) is 32.8 Å². The highest BCUT2D eigenvalue weighted by atomic mass is 32.2. The summed E-state index contributed by atoms with van der Waals surface area (Å²) < 4.78 is 51.0. The number of aromatic nitrogens is 2. The highest BCUT2D eigenvalue weighted by molar-refractivity contribution is 7.98. The predicted molar refractivity (Wildman–Crippen MR) is 146 cm³/mol. The molecule has 3 N–H and O–H groups in total. The molecule has 5 aliphatic rings. The lowest BCUT2D eigenvalue weighted by molar-refractivity contribution is -0.189. The van der Waals surface area contributed by atoms with Crippen LogP contribution >= 0.6 is 11.9 Å². The first-order chi connectivity index (χ1) is 18.6. The lowest BCUT2D eigenvalue weighted by Crippen LogP contribution is -2.60. The first kappa shape index (κ1) is 28.1. The van der Waals surface area contributed by atoms with Gasteiger partial charge >= 0.3 is 6.18 Å². The third kappa shape index (κ3) is 6.11. The predicted octanol–water partition coefficient (Wildman–Crippen LogP) is 4.49. The molecular weight excluding hydrogens is 527 g/mol. The normalized spacial score (nSPS) is 37.8. The van der Waals surface area contributed by atoms with Gasteiger partial charge in [0.25, 0.3) is 0 Å². The summed E-state index contributed by atoms with van der Waals surface area (Å²) in [7, 11) is 0. The van der Waals surface area contributed by atoms with Gasteiger partial charge < -0.3 is 4.74 Å². The molecule has 1 aliphatic carbocycles. The van der Waals surface area contributed by atoms with Crippen LogP contribution in [0.1, 0.15) is 77.8 Å². The van der Waals surface area contributed by atoms with E-state index >= 15 is 0 Å². The van der Waals surface area contributed by atoms with Gasteiger partial charge in [-0.2, -0.15) is 13.2 Å². The number of fused-ring (bicyclic) bond motifs is 6. The summed E-state index contributed by atoms with van der Waals surface area (Å²) in [6.07, 6.45) is 4.81. The van der Waals surface area contributed by atoms with Crippen molar-refractivity contribution < 1.29 is 17.9 Å². The number of rotatable bonds is 6. The summed E-state index contributed by atoms with van der Waals surface area (Å²) in [6, 6.07) is 1.83. The van der Waals surface area contributed by atoms with E-state index in [1.807, 2.05) is 28.9 Å². The molecule has 0 radical (unpaired) electrons. The quantitative estimate of drug-likeness (QED) is 0.341. The van der Waals surface area contributed by atoms with E-state index in [9.17, 15) is 13.2 Å². The number of nitrogens with zero attached hydrogens (tertiary/aromatic N) is 4. The van der Waals surface area contributed by atoms with Gasteiger partial charge in [-0.15, -0.1) is 5.10 Å². The van der Waals surface area contributed by atoms with Crippen LogP contribution in [-0.2, 0) is 0 Å². The number of hydrogen-bond donors (Lipinski definition) is 3. The fraction of sp³-hybridized carbons (Fsp3) is 0.889.